The lowest BCUT2D eigenvalue weighted by Crippen LogP contribution is -2.89. The first-order valence-electron chi connectivity index (χ1n) is 5.94. The van der Waals surface area contributed by atoms with Gasteiger partial charge in [-0.1, -0.05) is 26.0 Å². The first-order valence-corrected chi connectivity index (χ1v) is 5.94. The van der Waals surface area contributed by atoms with E-state index in [1.54, 1.807) is 0 Å². The van der Waals surface area contributed by atoms with Crippen LogP contribution in [0.15, 0.2) is 24.3 Å². The van der Waals surface area contributed by atoms with E-state index in [0.29, 0.717) is 5.92 Å². The molecule has 2 N–H and O–H groups in total. The molecule has 82 valence electrons. The van der Waals surface area contributed by atoms with Gasteiger partial charge in [0.15, 0.2) is 0 Å². The van der Waals surface area contributed by atoms with Gasteiger partial charge in [0, 0.05) is 5.69 Å². The Labute approximate surface area is 92.3 Å². The fraction of sp³-hybridized carbons (Fsp3) is 0.538. The fourth-order valence-electron chi connectivity index (χ4n) is 2.08. The molecule has 2 heteroatoms. The van der Waals surface area contributed by atoms with Gasteiger partial charge in [0.25, 0.3) is 0 Å². The molecule has 2 nitrogen and oxygen atoms in total. The second-order valence-electron chi connectivity index (χ2n) is 4.60. The third-order valence-corrected chi connectivity index (χ3v) is 3.13. The van der Waals surface area contributed by atoms with Crippen molar-refractivity contribution in [2.24, 2.45) is 0 Å². The second-order valence-corrected chi connectivity index (χ2v) is 4.60. The van der Waals surface area contributed by atoms with E-state index in [9.17, 15) is 0 Å². The molecule has 1 heterocycles. The molecule has 0 saturated carbocycles. The van der Waals surface area contributed by atoms with Gasteiger partial charge >= 0.3 is 0 Å². The van der Waals surface area contributed by atoms with Crippen LogP contribution in [0.4, 0.5) is 5.69 Å². The zero-order valence-electron chi connectivity index (χ0n) is 9.74. The third-order valence-electron chi connectivity index (χ3n) is 3.13. The number of anilines is 1. The smallest absolute Gasteiger partial charge is 0.0934 e. The van der Waals surface area contributed by atoms with Crippen molar-refractivity contribution in [1.82, 2.24) is 0 Å². The maximum Gasteiger partial charge on any atom is 0.0934 e. The average molecular weight is 205 g/mol. The molecule has 1 saturated heterocycles. The fourth-order valence-corrected chi connectivity index (χ4v) is 2.08. The van der Waals surface area contributed by atoms with E-state index < -0.39 is 0 Å². The van der Waals surface area contributed by atoms with Crippen LogP contribution in [0.3, 0.4) is 0 Å². The Kier molecular flexibility index (Phi) is 3.27. The van der Waals surface area contributed by atoms with E-state index >= 15 is 0 Å². The van der Waals surface area contributed by atoms with Gasteiger partial charge in [0.2, 0.25) is 0 Å². The minimum Gasteiger partial charge on any atom is -0.360 e. The highest BCUT2D eigenvalue weighted by Crippen LogP contribution is 2.19. The maximum atomic E-state index is 2.48. The van der Waals surface area contributed by atoms with Crippen molar-refractivity contribution >= 4 is 5.69 Å². The summed E-state index contributed by atoms with van der Waals surface area (Å²) in [5.74, 6) is 0.633. The highest BCUT2D eigenvalue weighted by Gasteiger charge is 2.12. The minimum absolute atomic E-state index is 0.633. The van der Waals surface area contributed by atoms with Gasteiger partial charge in [-0.2, -0.15) is 0 Å². The van der Waals surface area contributed by atoms with Crippen LogP contribution in [0, 0.1) is 0 Å². The highest BCUT2D eigenvalue weighted by atomic mass is 15.2. The summed E-state index contributed by atoms with van der Waals surface area (Å²) in [6, 6.07) is 9.05. The van der Waals surface area contributed by atoms with E-state index in [1.807, 2.05) is 0 Å². The molecule has 0 unspecified atom stereocenters. The number of quaternary nitrogens is 1. The van der Waals surface area contributed by atoms with Gasteiger partial charge in [-0.05, 0) is 23.6 Å². The van der Waals surface area contributed by atoms with Crippen molar-refractivity contribution in [2.45, 2.75) is 19.8 Å². The lowest BCUT2D eigenvalue weighted by Gasteiger charge is -2.27. The zero-order chi connectivity index (χ0) is 10.7. The van der Waals surface area contributed by atoms with Crippen molar-refractivity contribution in [3.05, 3.63) is 29.8 Å². The lowest BCUT2D eigenvalue weighted by molar-refractivity contribution is -0.655. The largest absolute Gasteiger partial charge is 0.360 e. The Morgan fingerprint density at radius 3 is 2.20 bits per heavy atom. The summed E-state index contributed by atoms with van der Waals surface area (Å²) in [6.07, 6.45) is 0. The second kappa shape index (κ2) is 4.67. The molecule has 0 aromatic heterocycles. The predicted octanol–water partition coefficient (Wildman–Crippen LogP) is 1.19. The molecule has 0 bridgehead atoms. The highest BCUT2D eigenvalue weighted by molar-refractivity contribution is 5.48. The number of hydrogen-bond donors (Lipinski definition) is 1. The normalized spacial score (nSPS) is 17.1. The van der Waals surface area contributed by atoms with Crippen LogP contribution in [-0.2, 0) is 0 Å². The topological polar surface area (TPSA) is 19.9 Å². The molecular formula is C13H21N2+. The van der Waals surface area contributed by atoms with Crippen LogP contribution < -0.4 is 10.2 Å². The van der Waals surface area contributed by atoms with Gasteiger partial charge in [0.1, 0.15) is 0 Å². The number of benzene rings is 1. The van der Waals surface area contributed by atoms with Crippen molar-refractivity contribution in [2.75, 3.05) is 31.1 Å². The van der Waals surface area contributed by atoms with E-state index in [-0.39, 0.29) is 0 Å². The Hall–Kier alpha value is -1.02. The molecule has 1 fully saturated rings. The van der Waals surface area contributed by atoms with Crippen molar-refractivity contribution < 1.29 is 5.32 Å². The van der Waals surface area contributed by atoms with Crippen LogP contribution in [0.2, 0.25) is 0 Å². The van der Waals surface area contributed by atoms with E-state index in [2.05, 4.69) is 48.3 Å². The average Bonchev–Trinajstić information content (AvgIpc) is 2.30. The number of rotatable bonds is 2. The summed E-state index contributed by atoms with van der Waals surface area (Å²) in [7, 11) is 0. The SMILES string of the molecule is CC(C)c1ccc(N2CC[NH2+]CC2)cc1. The Bertz CT molecular complexity index is 297. The molecule has 0 amide bonds. The van der Waals surface area contributed by atoms with Crippen LogP contribution in [-0.4, -0.2) is 26.2 Å². The van der Waals surface area contributed by atoms with Gasteiger partial charge in [-0.25, -0.2) is 0 Å². The molecule has 1 aliphatic heterocycles. The lowest BCUT2D eigenvalue weighted by atomic mass is 10.0. The molecule has 0 spiro atoms. The first-order chi connectivity index (χ1) is 7.27. The standard InChI is InChI=1S/C13H20N2/c1-11(2)12-3-5-13(6-4-12)15-9-7-14-8-10-15/h3-6,11,14H,7-10H2,1-2H3/p+1. The minimum atomic E-state index is 0.633. The predicted molar refractivity (Wildman–Crippen MR) is 64.4 cm³/mol. The Balaban J connectivity index is 2.08. The van der Waals surface area contributed by atoms with Crippen LogP contribution in [0.1, 0.15) is 25.3 Å². The number of piperazine rings is 1. The van der Waals surface area contributed by atoms with E-state index in [4.69, 9.17) is 0 Å². The monoisotopic (exact) mass is 205 g/mol. The maximum absolute atomic E-state index is 2.48. The van der Waals surface area contributed by atoms with Crippen LogP contribution in [0.25, 0.3) is 0 Å². The number of hydrogen-bond acceptors (Lipinski definition) is 1. The molecule has 0 atom stereocenters. The quantitative estimate of drug-likeness (QED) is 0.769. The Morgan fingerprint density at radius 2 is 1.67 bits per heavy atom. The van der Waals surface area contributed by atoms with E-state index in [0.717, 1.165) is 0 Å². The zero-order valence-corrected chi connectivity index (χ0v) is 9.74. The van der Waals surface area contributed by atoms with Crippen molar-refractivity contribution in [3.8, 4) is 0 Å². The van der Waals surface area contributed by atoms with Crippen LogP contribution >= 0.6 is 0 Å². The summed E-state index contributed by atoms with van der Waals surface area (Å²) in [5, 5.41) is 2.39. The van der Waals surface area contributed by atoms with Gasteiger partial charge < -0.3 is 10.2 Å². The van der Waals surface area contributed by atoms with E-state index in [1.165, 1.54) is 37.4 Å². The third kappa shape index (κ3) is 2.51. The van der Waals surface area contributed by atoms with Crippen molar-refractivity contribution in [1.29, 1.82) is 0 Å². The molecule has 1 aromatic carbocycles. The molecule has 1 aliphatic rings. The van der Waals surface area contributed by atoms with Gasteiger partial charge in [-0.15, -0.1) is 0 Å². The molecule has 2 rings (SSSR count). The van der Waals surface area contributed by atoms with Crippen molar-refractivity contribution in [3.63, 3.8) is 0 Å². The molecular weight excluding hydrogens is 184 g/mol. The number of nitrogens with zero attached hydrogens (tertiary/aromatic N) is 1. The number of nitrogens with two attached hydrogens (primary N) is 1. The van der Waals surface area contributed by atoms with Gasteiger partial charge in [0.05, 0.1) is 26.2 Å². The summed E-state index contributed by atoms with van der Waals surface area (Å²) in [4.78, 5) is 2.48. The molecule has 0 radical (unpaired) electrons. The van der Waals surface area contributed by atoms with Crippen LogP contribution in [0.5, 0.6) is 0 Å². The molecule has 15 heavy (non-hydrogen) atoms. The summed E-state index contributed by atoms with van der Waals surface area (Å²) in [6.45, 7) is 9.30. The molecule has 0 aliphatic carbocycles. The van der Waals surface area contributed by atoms with Gasteiger partial charge in [-0.3, -0.25) is 0 Å². The summed E-state index contributed by atoms with van der Waals surface area (Å²) >= 11 is 0. The first kappa shape index (κ1) is 10.5. The summed E-state index contributed by atoms with van der Waals surface area (Å²) < 4.78 is 0. The Morgan fingerprint density at radius 1 is 1.07 bits per heavy atom. The molecule has 1 aromatic rings. The summed E-state index contributed by atoms with van der Waals surface area (Å²) in [5.41, 5.74) is 2.81.